The van der Waals surface area contributed by atoms with E-state index in [4.69, 9.17) is 9.26 Å². The highest BCUT2D eigenvalue weighted by Crippen LogP contribution is 2.51. The van der Waals surface area contributed by atoms with Gasteiger partial charge in [0.1, 0.15) is 18.7 Å². The first-order valence-corrected chi connectivity index (χ1v) is 19.6. The van der Waals surface area contributed by atoms with E-state index in [2.05, 4.69) is 16.0 Å². The summed E-state index contributed by atoms with van der Waals surface area (Å²) in [6.07, 6.45) is 3.99. The first-order valence-electron chi connectivity index (χ1n) is 17.6. The van der Waals surface area contributed by atoms with Crippen molar-refractivity contribution in [2.24, 2.45) is 11.8 Å². The smallest absolute Gasteiger partial charge is 0.408 e. The molecule has 0 aromatic heterocycles. The lowest BCUT2D eigenvalue weighted by Gasteiger charge is -2.29. The maximum absolute atomic E-state index is 14.1. The standard InChI is InChI=1S/C39H52N3O7P/c1-29(2)36(42-37(44)35(23-30-15-7-3-8-16-30)41-39(46)48-25-31-17-9-4-10-18-31)38(45)40-24-34(43)28-50(47,27-33-21-13-6-14-22-33)49-26-32-19-11-5-12-20-32/h3-5,7-12,15-20,29,33-36,43H,6,13-14,21-28H2,1-2H3,(H,40,45)(H,41,46)(H,42,44)/t34-,35-,36+,50?/m0/s1. The van der Waals surface area contributed by atoms with E-state index < -0.39 is 43.5 Å². The molecule has 0 heterocycles. The minimum Gasteiger partial charge on any atom is -0.445 e. The zero-order valence-electron chi connectivity index (χ0n) is 29.2. The van der Waals surface area contributed by atoms with Gasteiger partial charge in [0.2, 0.25) is 19.2 Å². The Morgan fingerprint density at radius 3 is 1.92 bits per heavy atom. The second kappa shape index (κ2) is 20.0. The summed E-state index contributed by atoms with van der Waals surface area (Å²) in [4.78, 5) is 39.8. The Labute approximate surface area is 296 Å². The van der Waals surface area contributed by atoms with Crippen molar-refractivity contribution in [3.63, 3.8) is 0 Å². The molecule has 270 valence electrons. The first-order chi connectivity index (χ1) is 24.1. The van der Waals surface area contributed by atoms with Crippen molar-refractivity contribution in [2.75, 3.05) is 18.9 Å². The molecule has 50 heavy (non-hydrogen) atoms. The van der Waals surface area contributed by atoms with Gasteiger partial charge in [-0.2, -0.15) is 0 Å². The zero-order valence-corrected chi connectivity index (χ0v) is 30.1. The Morgan fingerprint density at radius 1 is 0.780 bits per heavy atom. The normalized spacial score (nSPS) is 16.4. The lowest BCUT2D eigenvalue weighted by atomic mass is 9.91. The van der Waals surface area contributed by atoms with E-state index in [0.717, 1.165) is 42.4 Å². The fraction of sp³-hybridized carbons (Fsp3) is 0.462. The molecule has 4 N–H and O–H groups in total. The minimum absolute atomic E-state index is 0.0383. The van der Waals surface area contributed by atoms with Gasteiger partial charge in [0.05, 0.1) is 18.9 Å². The molecule has 4 atom stereocenters. The van der Waals surface area contributed by atoms with Crippen molar-refractivity contribution >= 4 is 25.3 Å². The third-order valence-electron chi connectivity index (χ3n) is 8.92. The summed E-state index contributed by atoms with van der Waals surface area (Å²) < 4.78 is 25.6. The topological polar surface area (TPSA) is 143 Å². The van der Waals surface area contributed by atoms with Crippen LogP contribution in [0.5, 0.6) is 0 Å². The molecular formula is C39H52N3O7P. The van der Waals surface area contributed by atoms with Crippen LogP contribution in [0.25, 0.3) is 0 Å². The number of amides is 3. The largest absolute Gasteiger partial charge is 0.445 e. The van der Waals surface area contributed by atoms with Crippen LogP contribution in [0.4, 0.5) is 4.79 Å². The number of benzene rings is 3. The van der Waals surface area contributed by atoms with E-state index >= 15 is 0 Å². The van der Waals surface area contributed by atoms with E-state index in [9.17, 15) is 24.1 Å². The quantitative estimate of drug-likeness (QED) is 0.115. The summed E-state index contributed by atoms with van der Waals surface area (Å²) in [7, 11) is -3.24. The fourth-order valence-corrected chi connectivity index (χ4v) is 8.85. The SMILES string of the molecule is CC(C)[C@@H](NC(=O)[C@H](Cc1ccccc1)NC(=O)OCc1ccccc1)C(=O)NC[C@H](O)CP(=O)(CC1CCCCC1)OCc1ccccc1. The molecule has 11 heteroatoms. The van der Waals surface area contributed by atoms with Gasteiger partial charge in [-0.3, -0.25) is 14.2 Å². The van der Waals surface area contributed by atoms with E-state index in [1.165, 1.54) is 6.42 Å². The molecule has 10 nitrogen and oxygen atoms in total. The average Bonchev–Trinajstić information content (AvgIpc) is 3.12. The minimum atomic E-state index is -3.24. The predicted octanol–water partition coefficient (Wildman–Crippen LogP) is 6.22. The van der Waals surface area contributed by atoms with Gasteiger partial charge in [0.25, 0.3) is 0 Å². The number of aliphatic hydroxyl groups is 1. The number of aliphatic hydroxyl groups excluding tert-OH is 1. The summed E-state index contributed by atoms with van der Waals surface area (Å²) in [5.74, 6) is -1.08. The molecule has 4 rings (SSSR count). The van der Waals surface area contributed by atoms with Crippen LogP contribution in [0, 0.1) is 11.8 Å². The third kappa shape index (κ3) is 13.4. The number of rotatable bonds is 18. The van der Waals surface area contributed by atoms with Crippen LogP contribution in [0.2, 0.25) is 0 Å². The number of alkyl carbamates (subject to hydrolysis) is 1. The molecule has 0 saturated heterocycles. The molecular weight excluding hydrogens is 653 g/mol. The van der Waals surface area contributed by atoms with Crippen molar-refractivity contribution in [3.05, 3.63) is 108 Å². The lowest BCUT2D eigenvalue weighted by Crippen LogP contribution is -2.56. The van der Waals surface area contributed by atoms with Crippen molar-refractivity contribution in [1.29, 1.82) is 0 Å². The van der Waals surface area contributed by atoms with Crippen LogP contribution in [0.15, 0.2) is 91.0 Å². The van der Waals surface area contributed by atoms with Crippen LogP contribution in [-0.2, 0) is 43.0 Å². The average molecular weight is 706 g/mol. The van der Waals surface area contributed by atoms with Gasteiger partial charge in [-0.05, 0) is 41.4 Å². The Kier molecular flexibility index (Phi) is 15.5. The first kappa shape index (κ1) is 38.8. The van der Waals surface area contributed by atoms with Gasteiger partial charge in [-0.1, -0.05) is 124 Å². The van der Waals surface area contributed by atoms with Gasteiger partial charge in [0.15, 0.2) is 0 Å². The van der Waals surface area contributed by atoms with E-state index in [1.807, 2.05) is 91.0 Å². The molecule has 0 aliphatic heterocycles. The van der Waals surface area contributed by atoms with Crippen molar-refractivity contribution in [1.82, 2.24) is 16.0 Å². The zero-order chi connectivity index (χ0) is 35.8. The van der Waals surface area contributed by atoms with E-state index in [1.54, 1.807) is 13.8 Å². The van der Waals surface area contributed by atoms with Crippen molar-refractivity contribution in [2.45, 2.75) is 83.8 Å². The van der Waals surface area contributed by atoms with Crippen LogP contribution >= 0.6 is 7.37 Å². The van der Waals surface area contributed by atoms with Crippen LogP contribution < -0.4 is 16.0 Å². The third-order valence-corrected chi connectivity index (χ3v) is 11.6. The van der Waals surface area contributed by atoms with E-state index in [0.29, 0.717) is 6.16 Å². The highest BCUT2D eigenvalue weighted by atomic mass is 31.2. The molecule has 3 aromatic rings. The van der Waals surface area contributed by atoms with E-state index in [-0.39, 0.29) is 44.2 Å². The Balaban J connectivity index is 1.36. The summed E-state index contributed by atoms with van der Waals surface area (Å²) in [5, 5.41) is 19.2. The van der Waals surface area contributed by atoms with Gasteiger partial charge in [-0.15, -0.1) is 0 Å². The second-order valence-electron chi connectivity index (χ2n) is 13.5. The Hall–Kier alpha value is -3.98. The molecule has 1 aliphatic rings. The summed E-state index contributed by atoms with van der Waals surface area (Å²) in [6.45, 7) is 3.66. The number of carbonyl (C=O) groups is 3. The summed E-state index contributed by atoms with van der Waals surface area (Å²) in [6, 6.07) is 26.0. The molecule has 1 saturated carbocycles. The monoisotopic (exact) mass is 705 g/mol. The molecule has 0 spiro atoms. The molecule has 0 radical (unpaired) electrons. The van der Waals surface area contributed by atoms with Gasteiger partial charge in [-0.25, -0.2) is 4.79 Å². The fourth-order valence-electron chi connectivity index (χ4n) is 6.18. The van der Waals surface area contributed by atoms with Gasteiger partial charge >= 0.3 is 6.09 Å². The molecule has 0 bridgehead atoms. The maximum atomic E-state index is 14.1. The van der Waals surface area contributed by atoms with Crippen molar-refractivity contribution < 1.29 is 33.3 Å². The van der Waals surface area contributed by atoms with Crippen LogP contribution in [0.1, 0.15) is 62.6 Å². The number of nitrogens with one attached hydrogen (secondary N) is 3. The summed E-state index contributed by atoms with van der Waals surface area (Å²) >= 11 is 0. The molecule has 3 amide bonds. The molecule has 1 unspecified atom stereocenters. The van der Waals surface area contributed by atoms with Crippen LogP contribution in [0.3, 0.4) is 0 Å². The number of carbonyl (C=O) groups excluding carboxylic acids is 3. The predicted molar refractivity (Wildman–Crippen MR) is 195 cm³/mol. The maximum Gasteiger partial charge on any atom is 0.408 e. The number of hydrogen-bond donors (Lipinski definition) is 4. The number of ether oxygens (including phenoxy) is 1. The summed E-state index contributed by atoms with van der Waals surface area (Å²) in [5.41, 5.74) is 2.52. The molecule has 1 fully saturated rings. The van der Waals surface area contributed by atoms with Gasteiger partial charge in [0, 0.05) is 19.1 Å². The Bertz CT molecular complexity index is 1520. The molecule has 1 aliphatic carbocycles. The molecule has 3 aromatic carbocycles. The second-order valence-corrected chi connectivity index (χ2v) is 16.1. The van der Waals surface area contributed by atoms with Crippen molar-refractivity contribution in [3.8, 4) is 0 Å². The van der Waals surface area contributed by atoms with Gasteiger partial charge < -0.3 is 30.3 Å². The number of hydrogen-bond acceptors (Lipinski definition) is 7. The lowest BCUT2D eigenvalue weighted by molar-refractivity contribution is -0.131. The Morgan fingerprint density at radius 2 is 1.34 bits per heavy atom. The highest BCUT2D eigenvalue weighted by molar-refractivity contribution is 7.59. The van der Waals surface area contributed by atoms with Crippen LogP contribution in [-0.4, -0.2) is 60.1 Å². The highest BCUT2D eigenvalue weighted by Gasteiger charge is 2.33.